The first-order valence-corrected chi connectivity index (χ1v) is 7.84. The van der Waals surface area contributed by atoms with Gasteiger partial charge in [-0.3, -0.25) is 0 Å². The lowest BCUT2D eigenvalue weighted by molar-refractivity contribution is 0.627. The number of benzene rings is 2. The molecule has 1 nitrogen and oxygen atoms in total. The van der Waals surface area contributed by atoms with Crippen molar-refractivity contribution in [2.24, 2.45) is 0 Å². The van der Waals surface area contributed by atoms with Gasteiger partial charge < -0.3 is 5.32 Å². The van der Waals surface area contributed by atoms with Crippen LogP contribution in [-0.2, 0) is 12.8 Å². The quantitative estimate of drug-likeness (QED) is 0.786. The number of nitrogens with one attached hydrogen (secondary N) is 1. The van der Waals surface area contributed by atoms with Crippen molar-refractivity contribution < 1.29 is 4.39 Å². The maximum atomic E-state index is 13.9. The zero-order valence-corrected chi connectivity index (χ0v) is 12.9. The molecule has 110 valence electrons. The highest BCUT2D eigenvalue weighted by molar-refractivity contribution is 6.30. The summed E-state index contributed by atoms with van der Waals surface area (Å²) < 4.78 is 13.9. The van der Waals surface area contributed by atoms with E-state index in [1.165, 1.54) is 42.0 Å². The molecule has 0 amide bonds. The van der Waals surface area contributed by atoms with Gasteiger partial charge in [0, 0.05) is 11.1 Å². The van der Waals surface area contributed by atoms with Gasteiger partial charge in [0.1, 0.15) is 5.82 Å². The Morgan fingerprint density at radius 2 is 1.81 bits per heavy atom. The smallest absolute Gasteiger partial charge is 0.147 e. The summed E-state index contributed by atoms with van der Waals surface area (Å²) in [6, 6.07) is 11.4. The molecule has 1 unspecified atom stereocenters. The van der Waals surface area contributed by atoms with Crippen LogP contribution in [0.15, 0.2) is 36.4 Å². The molecule has 2 aromatic carbocycles. The highest BCUT2D eigenvalue weighted by Crippen LogP contribution is 2.28. The Morgan fingerprint density at radius 3 is 2.57 bits per heavy atom. The van der Waals surface area contributed by atoms with Crippen molar-refractivity contribution in [3.8, 4) is 0 Å². The van der Waals surface area contributed by atoms with Crippen molar-refractivity contribution >= 4 is 17.3 Å². The lowest BCUT2D eigenvalue weighted by atomic mass is 9.89. The molecule has 3 rings (SSSR count). The van der Waals surface area contributed by atoms with E-state index in [0.29, 0.717) is 10.7 Å². The van der Waals surface area contributed by atoms with Gasteiger partial charge in [-0.2, -0.15) is 0 Å². The standard InChI is InChI=1S/C18H19ClFN/c1-12(21-18-9-8-16(19)11-17(18)20)14-7-6-13-4-2-3-5-15(13)10-14/h6-12,21H,2-5H2,1H3. The third kappa shape index (κ3) is 3.21. The monoisotopic (exact) mass is 303 g/mol. The molecule has 0 aromatic heterocycles. The van der Waals surface area contributed by atoms with Crippen LogP contribution in [0.5, 0.6) is 0 Å². The molecule has 3 heteroatoms. The Morgan fingerprint density at radius 1 is 1.05 bits per heavy atom. The maximum Gasteiger partial charge on any atom is 0.147 e. The number of fused-ring (bicyclic) bond motifs is 1. The fourth-order valence-electron chi connectivity index (χ4n) is 2.95. The van der Waals surface area contributed by atoms with Crippen LogP contribution in [0, 0.1) is 5.82 Å². The summed E-state index contributed by atoms with van der Waals surface area (Å²) in [6.45, 7) is 2.05. The van der Waals surface area contributed by atoms with Crippen molar-refractivity contribution in [2.75, 3.05) is 5.32 Å². The fraction of sp³-hybridized carbons (Fsp3) is 0.333. The Kier molecular flexibility index (Phi) is 4.16. The highest BCUT2D eigenvalue weighted by Gasteiger charge is 2.13. The molecular formula is C18H19ClFN. The summed E-state index contributed by atoms with van der Waals surface area (Å²) in [5.74, 6) is -0.313. The Bertz CT molecular complexity index is 654. The van der Waals surface area contributed by atoms with Crippen molar-refractivity contribution in [3.63, 3.8) is 0 Å². The third-order valence-corrected chi connectivity index (χ3v) is 4.41. The number of hydrogen-bond acceptors (Lipinski definition) is 1. The Balaban J connectivity index is 1.80. The van der Waals surface area contributed by atoms with Crippen molar-refractivity contribution in [2.45, 2.75) is 38.6 Å². The molecular weight excluding hydrogens is 285 g/mol. The predicted octanol–water partition coefficient (Wildman–Crippen LogP) is 5.53. The van der Waals surface area contributed by atoms with Crippen LogP contribution in [0.4, 0.5) is 10.1 Å². The summed E-state index contributed by atoms with van der Waals surface area (Å²) in [7, 11) is 0. The molecule has 0 saturated carbocycles. The van der Waals surface area contributed by atoms with E-state index in [1.54, 1.807) is 12.1 Å². The van der Waals surface area contributed by atoms with Crippen LogP contribution in [0.2, 0.25) is 5.02 Å². The first kappa shape index (κ1) is 14.4. The van der Waals surface area contributed by atoms with Crippen molar-refractivity contribution in [1.82, 2.24) is 0 Å². The van der Waals surface area contributed by atoms with Crippen LogP contribution < -0.4 is 5.32 Å². The molecule has 2 aromatic rings. The van der Waals surface area contributed by atoms with Crippen molar-refractivity contribution in [1.29, 1.82) is 0 Å². The molecule has 1 atom stereocenters. The summed E-state index contributed by atoms with van der Waals surface area (Å²) in [5.41, 5.74) is 4.61. The van der Waals surface area contributed by atoms with Gasteiger partial charge in [-0.25, -0.2) is 4.39 Å². The summed E-state index contributed by atoms with van der Waals surface area (Å²) >= 11 is 5.78. The van der Waals surface area contributed by atoms with Crippen molar-refractivity contribution in [3.05, 3.63) is 63.9 Å². The zero-order chi connectivity index (χ0) is 14.8. The molecule has 1 aliphatic rings. The SMILES string of the molecule is CC(Nc1ccc(Cl)cc1F)c1ccc2c(c1)CCCC2. The van der Waals surface area contributed by atoms with Gasteiger partial charge in [0.05, 0.1) is 5.69 Å². The maximum absolute atomic E-state index is 13.9. The largest absolute Gasteiger partial charge is 0.376 e. The molecule has 1 aliphatic carbocycles. The Hall–Kier alpha value is -1.54. The van der Waals surface area contributed by atoms with Gasteiger partial charge in [0.25, 0.3) is 0 Å². The molecule has 0 heterocycles. The number of halogens is 2. The van der Waals surface area contributed by atoms with Gasteiger partial charge in [0.15, 0.2) is 0 Å². The van der Waals surface area contributed by atoms with Crippen LogP contribution in [0.3, 0.4) is 0 Å². The van der Waals surface area contributed by atoms with E-state index in [-0.39, 0.29) is 11.9 Å². The second-order valence-corrected chi connectivity index (χ2v) is 6.16. The summed E-state index contributed by atoms with van der Waals surface area (Å²) in [5, 5.41) is 3.64. The van der Waals surface area contributed by atoms with E-state index in [9.17, 15) is 4.39 Å². The second-order valence-electron chi connectivity index (χ2n) is 5.73. The lowest BCUT2D eigenvalue weighted by Gasteiger charge is -2.21. The Labute approximate surface area is 130 Å². The molecule has 1 N–H and O–H groups in total. The average molecular weight is 304 g/mol. The fourth-order valence-corrected chi connectivity index (χ4v) is 3.10. The van der Waals surface area contributed by atoms with E-state index in [0.717, 1.165) is 6.42 Å². The summed E-state index contributed by atoms with van der Waals surface area (Å²) in [4.78, 5) is 0. The first-order valence-electron chi connectivity index (χ1n) is 7.47. The van der Waals surface area contributed by atoms with Gasteiger partial charge in [0.2, 0.25) is 0 Å². The number of hydrogen-bond donors (Lipinski definition) is 1. The number of rotatable bonds is 3. The second kappa shape index (κ2) is 6.07. The van der Waals surface area contributed by atoms with E-state index in [4.69, 9.17) is 11.6 Å². The molecule has 0 radical (unpaired) electrons. The highest BCUT2D eigenvalue weighted by atomic mass is 35.5. The average Bonchev–Trinajstić information content (AvgIpc) is 2.49. The normalized spacial score (nSPS) is 15.4. The molecule has 21 heavy (non-hydrogen) atoms. The molecule has 0 saturated heterocycles. The first-order chi connectivity index (χ1) is 10.1. The molecule has 0 spiro atoms. The molecule has 0 fully saturated rings. The predicted molar refractivity (Wildman–Crippen MR) is 86.5 cm³/mol. The minimum Gasteiger partial charge on any atom is -0.376 e. The summed E-state index contributed by atoms with van der Waals surface area (Å²) in [6.07, 6.45) is 4.90. The van der Waals surface area contributed by atoms with E-state index < -0.39 is 0 Å². The molecule has 0 aliphatic heterocycles. The molecule has 0 bridgehead atoms. The number of aryl methyl sites for hydroxylation is 2. The van der Waals surface area contributed by atoms with Gasteiger partial charge >= 0.3 is 0 Å². The third-order valence-electron chi connectivity index (χ3n) is 4.18. The minimum absolute atomic E-state index is 0.0629. The van der Waals surface area contributed by atoms with E-state index in [1.807, 2.05) is 0 Å². The van der Waals surface area contributed by atoms with Gasteiger partial charge in [-0.1, -0.05) is 29.8 Å². The zero-order valence-electron chi connectivity index (χ0n) is 12.1. The van der Waals surface area contributed by atoms with Gasteiger partial charge in [-0.15, -0.1) is 0 Å². The van der Waals surface area contributed by atoms with Crippen LogP contribution in [0.1, 0.15) is 42.5 Å². The van der Waals surface area contributed by atoms with Crippen LogP contribution in [0.25, 0.3) is 0 Å². The van der Waals surface area contributed by atoms with E-state index >= 15 is 0 Å². The van der Waals surface area contributed by atoms with Gasteiger partial charge in [-0.05, 0) is 67.5 Å². The minimum atomic E-state index is -0.313. The topological polar surface area (TPSA) is 12.0 Å². The number of anilines is 1. The van der Waals surface area contributed by atoms with Crippen LogP contribution >= 0.6 is 11.6 Å². The lowest BCUT2D eigenvalue weighted by Crippen LogP contribution is -2.10. The van der Waals surface area contributed by atoms with E-state index in [2.05, 4.69) is 30.4 Å². The van der Waals surface area contributed by atoms with Crippen LogP contribution in [-0.4, -0.2) is 0 Å².